The van der Waals surface area contributed by atoms with Crippen molar-refractivity contribution < 1.29 is 9.53 Å². The van der Waals surface area contributed by atoms with Gasteiger partial charge < -0.3 is 10.1 Å². The lowest BCUT2D eigenvalue weighted by Crippen LogP contribution is -2.25. The van der Waals surface area contributed by atoms with Crippen LogP contribution in [0.2, 0.25) is 10.0 Å². The molecule has 0 aliphatic heterocycles. The molecule has 2 atom stereocenters. The molecule has 1 aliphatic rings. The summed E-state index contributed by atoms with van der Waals surface area (Å²) in [6.07, 6.45) is 0.803. The second-order valence-corrected chi connectivity index (χ2v) is 7.46. The van der Waals surface area contributed by atoms with Gasteiger partial charge in [-0.1, -0.05) is 35.3 Å². The molecule has 1 N–H and O–H groups in total. The first-order chi connectivity index (χ1) is 12.4. The zero-order chi connectivity index (χ0) is 18.8. The SMILES string of the molecule is COCCn1nc(C)c(CNC(=O)C2CC2c2cccc(Cl)c2Cl)c1C. The lowest BCUT2D eigenvalue weighted by Gasteiger charge is -2.08. The number of aryl methyl sites for hydroxylation is 1. The zero-order valence-corrected chi connectivity index (χ0v) is 16.7. The molecule has 1 fully saturated rings. The molecule has 5 nitrogen and oxygen atoms in total. The van der Waals surface area contributed by atoms with Gasteiger partial charge in [-0.2, -0.15) is 5.10 Å². The molecule has 1 saturated carbocycles. The first-order valence-corrected chi connectivity index (χ1v) is 9.43. The number of methoxy groups -OCH3 is 1. The first-order valence-electron chi connectivity index (χ1n) is 8.67. The Kier molecular flexibility index (Phi) is 5.90. The minimum atomic E-state index is -0.0462. The van der Waals surface area contributed by atoms with E-state index in [4.69, 9.17) is 27.9 Å². The number of amides is 1. The minimum absolute atomic E-state index is 0.0462. The lowest BCUT2D eigenvalue weighted by atomic mass is 10.1. The Bertz CT molecular complexity index is 819. The molecule has 0 saturated heterocycles. The predicted molar refractivity (Wildman–Crippen MR) is 103 cm³/mol. The molecule has 2 unspecified atom stereocenters. The van der Waals surface area contributed by atoms with E-state index in [9.17, 15) is 4.79 Å². The summed E-state index contributed by atoms with van der Waals surface area (Å²) >= 11 is 12.3. The number of halogens is 2. The van der Waals surface area contributed by atoms with E-state index in [-0.39, 0.29) is 17.7 Å². The quantitative estimate of drug-likeness (QED) is 0.773. The van der Waals surface area contributed by atoms with Crippen LogP contribution in [-0.4, -0.2) is 29.4 Å². The number of hydrogen-bond donors (Lipinski definition) is 1. The summed E-state index contributed by atoms with van der Waals surface area (Å²) in [5.74, 6) is 0.150. The molecule has 1 aliphatic carbocycles. The van der Waals surface area contributed by atoms with E-state index >= 15 is 0 Å². The summed E-state index contributed by atoms with van der Waals surface area (Å²) in [5, 5.41) is 8.66. The molecular formula is C19H23Cl2N3O2. The van der Waals surface area contributed by atoms with Crippen molar-refractivity contribution in [1.29, 1.82) is 0 Å². The summed E-state index contributed by atoms with van der Waals surface area (Å²) in [6.45, 7) is 5.77. The van der Waals surface area contributed by atoms with E-state index in [1.54, 1.807) is 13.2 Å². The van der Waals surface area contributed by atoms with Gasteiger partial charge in [-0.3, -0.25) is 9.48 Å². The molecule has 0 spiro atoms. The van der Waals surface area contributed by atoms with Gasteiger partial charge in [0.05, 0.1) is 28.9 Å². The summed E-state index contributed by atoms with van der Waals surface area (Å²) in [5.41, 5.74) is 4.01. The average Bonchev–Trinajstić information content (AvgIpc) is 3.36. The summed E-state index contributed by atoms with van der Waals surface area (Å²) in [4.78, 5) is 12.5. The maximum Gasteiger partial charge on any atom is 0.224 e. The van der Waals surface area contributed by atoms with E-state index in [2.05, 4.69) is 10.4 Å². The van der Waals surface area contributed by atoms with Crippen molar-refractivity contribution in [3.8, 4) is 0 Å². The van der Waals surface area contributed by atoms with Gasteiger partial charge in [0.25, 0.3) is 0 Å². The predicted octanol–water partition coefficient (Wildman–Crippen LogP) is 3.87. The second kappa shape index (κ2) is 7.99. The fraction of sp³-hybridized carbons (Fsp3) is 0.474. The van der Waals surface area contributed by atoms with E-state index in [1.165, 1.54) is 0 Å². The summed E-state index contributed by atoms with van der Waals surface area (Å²) in [6, 6.07) is 5.58. The highest BCUT2D eigenvalue weighted by atomic mass is 35.5. The molecule has 1 amide bonds. The molecule has 1 aromatic carbocycles. The third kappa shape index (κ3) is 3.90. The topological polar surface area (TPSA) is 56.1 Å². The molecule has 1 heterocycles. The van der Waals surface area contributed by atoms with Crippen LogP contribution >= 0.6 is 23.2 Å². The zero-order valence-electron chi connectivity index (χ0n) is 15.2. The van der Waals surface area contributed by atoms with Crippen LogP contribution in [0.5, 0.6) is 0 Å². The number of rotatable bonds is 7. The van der Waals surface area contributed by atoms with Crippen LogP contribution in [0.1, 0.15) is 34.9 Å². The highest BCUT2D eigenvalue weighted by molar-refractivity contribution is 6.42. The Balaban J connectivity index is 1.60. The van der Waals surface area contributed by atoms with Crippen molar-refractivity contribution in [2.24, 2.45) is 5.92 Å². The van der Waals surface area contributed by atoms with Gasteiger partial charge in [-0.05, 0) is 37.8 Å². The van der Waals surface area contributed by atoms with Crippen LogP contribution in [0.3, 0.4) is 0 Å². The highest BCUT2D eigenvalue weighted by Gasteiger charge is 2.45. The standard InChI is InChI=1S/C19H23Cl2N3O2/c1-11-16(12(2)24(23-11)7-8-26-3)10-22-19(25)15-9-14(15)13-5-4-6-17(20)18(13)21/h4-6,14-15H,7-10H2,1-3H3,(H,22,25). The Labute approximate surface area is 163 Å². The molecule has 2 aromatic rings. The fourth-order valence-corrected chi connectivity index (χ4v) is 3.78. The largest absolute Gasteiger partial charge is 0.383 e. The van der Waals surface area contributed by atoms with Crippen molar-refractivity contribution in [2.45, 2.75) is 39.3 Å². The minimum Gasteiger partial charge on any atom is -0.383 e. The molecule has 1 aromatic heterocycles. The van der Waals surface area contributed by atoms with Gasteiger partial charge in [-0.15, -0.1) is 0 Å². The average molecular weight is 396 g/mol. The lowest BCUT2D eigenvalue weighted by molar-refractivity contribution is -0.122. The maximum atomic E-state index is 12.5. The van der Waals surface area contributed by atoms with Crippen molar-refractivity contribution in [3.05, 3.63) is 50.8 Å². The van der Waals surface area contributed by atoms with Gasteiger partial charge >= 0.3 is 0 Å². The fourth-order valence-electron chi connectivity index (χ4n) is 3.33. The maximum absolute atomic E-state index is 12.5. The number of carbonyl (C=O) groups is 1. The van der Waals surface area contributed by atoms with Crippen molar-refractivity contribution in [2.75, 3.05) is 13.7 Å². The number of hydrogen-bond acceptors (Lipinski definition) is 3. The van der Waals surface area contributed by atoms with Gasteiger partial charge in [0.2, 0.25) is 5.91 Å². The van der Waals surface area contributed by atoms with Crippen LogP contribution in [0.25, 0.3) is 0 Å². The monoisotopic (exact) mass is 395 g/mol. The normalized spacial score (nSPS) is 18.8. The molecule has 26 heavy (non-hydrogen) atoms. The molecular weight excluding hydrogens is 373 g/mol. The van der Waals surface area contributed by atoms with Gasteiger partial charge in [0.15, 0.2) is 0 Å². The molecule has 7 heteroatoms. The van der Waals surface area contributed by atoms with E-state index in [0.29, 0.717) is 29.7 Å². The molecule has 140 valence electrons. The van der Waals surface area contributed by atoms with E-state index < -0.39 is 0 Å². The van der Waals surface area contributed by atoms with E-state index in [0.717, 1.165) is 28.9 Å². The van der Waals surface area contributed by atoms with Crippen LogP contribution in [0.15, 0.2) is 18.2 Å². The van der Waals surface area contributed by atoms with Gasteiger partial charge in [0.1, 0.15) is 0 Å². The number of carbonyl (C=O) groups excluding carboxylic acids is 1. The molecule has 0 bridgehead atoms. The molecule has 3 rings (SSSR count). The third-order valence-corrected chi connectivity index (χ3v) is 5.82. The summed E-state index contributed by atoms with van der Waals surface area (Å²) in [7, 11) is 1.67. The number of nitrogens with zero attached hydrogens (tertiary/aromatic N) is 2. The Morgan fingerprint density at radius 2 is 2.15 bits per heavy atom. The van der Waals surface area contributed by atoms with Crippen LogP contribution in [0, 0.1) is 19.8 Å². The van der Waals surface area contributed by atoms with Crippen LogP contribution < -0.4 is 5.32 Å². The second-order valence-electron chi connectivity index (χ2n) is 6.67. The van der Waals surface area contributed by atoms with E-state index in [1.807, 2.05) is 30.7 Å². The smallest absolute Gasteiger partial charge is 0.224 e. The summed E-state index contributed by atoms with van der Waals surface area (Å²) < 4.78 is 7.03. The van der Waals surface area contributed by atoms with Crippen LogP contribution in [-0.2, 0) is 22.6 Å². The highest BCUT2D eigenvalue weighted by Crippen LogP contribution is 2.50. The number of aromatic nitrogens is 2. The molecule has 0 radical (unpaired) electrons. The van der Waals surface area contributed by atoms with Gasteiger partial charge in [-0.25, -0.2) is 0 Å². The Morgan fingerprint density at radius 3 is 2.88 bits per heavy atom. The van der Waals surface area contributed by atoms with Crippen molar-refractivity contribution >= 4 is 29.1 Å². The van der Waals surface area contributed by atoms with Crippen molar-refractivity contribution in [1.82, 2.24) is 15.1 Å². The Morgan fingerprint density at radius 1 is 1.38 bits per heavy atom. The third-order valence-electron chi connectivity index (χ3n) is 4.99. The Hall–Kier alpha value is -1.56. The number of nitrogens with one attached hydrogen (secondary N) is 1. The first kappa shape index (κ1) is 19.2. The number of ether oxygens (including phenoxy) is 1. The number of benzene rings is 1. The van der Waals surface area contributed by atoms with Crippen molar-refractivity contribution in [3.63, 3.8) is 0 Å². The van der Waals surface area contributed by atoms with Gasteiger partial charge in [0, 0.05) is 30.8 Å². The van der Waals surface area contributed by atoms with Crippen LogP contribution in [0.4, 0.5) is 0 Å².